The number of carbonyl (C=O) groups is 1. The predicted molar refractivity (Wildman–Crippen MR) is 45.6 cm³/mol. The van der Waals surface area contributed by atoms with Crippen LogP contribution in [0.2, 0.25) is 0 Å². The summed E-state index contributed by atoms with van der Waals surface area (Å²) in [5.74, 6) is 5.42. The lowest BCUT2D eigenvalue weighted by Gasteiger charge is -1.89. The van der Waals surface area contributed by atoms with Crippen LogP contribution in [0, 0.1) is 11.8 Å². The smallest absolute Gasteiger partial charge is 0.151 e. The van der Waals surface area contributed by atoms with Crippen molar-refractivity contribution in [1.82, 2.24) is 4.98 Å². The van der Waals surface area contributed by atoms with Crippen molar-refractivity contribution in [1.29, 1.82) is 0 Å². The van der Waals surface area contributed by atoms with Gasteiger partial charge in [-0.1, -0.05) is 5.92 Å². The normalized spacial score (nSPS) is 8.42. The van der Waals surface area contributed by atoms with Gasteiger partial charge in [-0.2, -0.15) is 0 Å². The molecular weight excluding hydrogens is 152 g/mol. The third kappa shape index (κ3) is 2.19. The summed E-state index contributed by atoms with van der Waals surface area (Å²) in [7, 11) is 0. The van der Waals surface area contributed by atoms with Gasteiger partial charge < -0.3 is 5.73 Å². The summed E-state index contributed by atoms with van der Waals surface area (Å²) in [5.41, 5.74) is 6.35. The first kappa shape index (κ1) is 8.44. The predicted octanol–water partition coefficient (Wildman–Crippen LogP) is 0.204. The van der Waals surface area contributed by atoms with Crippen LogP contribution in [0.4, 0.5) is 0 Å². The molecule has 12 heavy (non-hydrogen) atoms. The molecule has 60 valence electrons. The molecule has 0 atom stereocenters. The molecule has 0 aromatic carbocycles. The second-order valence-corrected chi connectivity index (χ2v) is 2.10. The molecule has 1 heterocycles. The summed E-state index contributed by atoms with van der Waals surface area (Å²) in [5, 5.41) is 0. The van der Waals surface area contributed by atoms with E-state index in [1.54, 1.807) is 12.1 Å². The van der Waals surface area contributed by atoms with E-state index in [0.717, 1.165) is 6.29 Å². The average Bonchev–Trinajstić information content (AvgIpc) is 2.15. The second kappa shape index (κ2) is 4.27. The fraction of sp³-hybridized carbons (Fsp3) is 0.111. The molecule has 0 spiro atoms. The van der Waals surface area contributed by atoms with Crippen molar-refractivity contribution in [2.75, 3.05) is 6.54 Å². The molecule has 0 bridgehead atoms. The molecule has 1 rings (SSSR count). The van der Waals surface area contributed by atoms with Gasteiger partial charge in [0.05, 0.1) is 6.54 Å². The standard InChI is InChI=1S/C9H8N2O/c10-5-1-2-9-4-3-8(7-12)6-11-9/h3-4,6-7H,5,10H2. The van der Waals surface area contributed by atoms with Crippen LogP contribution in [-0.2, 0) is 0 Å². The second-order valence-electron chi connectivity index (χ2n) is 2.10. The third-order valence-electron chi connectivity index (χ3n) is 1.24. The van der Waals surface area contributed by atoms with Crippen molar-refractivity contribution in [2.45, 2.75) is 0 Å². The lowest BCUT2D eigenvalue weighted by atomic mass is 10.3. The zero-order chi connectivity index (χ0) is 8.81. The fourth-order valence-electron chi connectivity index (χ4n) is 0.691. The SMILES string of the molecule is NCC#Cc1ccc(C=O)cn1. The Morgan fingerprint density at radius 3 is 2.92 bits per heavy atom. The Morgan fingerprint density at radius 2 is 2.42 bits per heavy atom. The highest BCUT2D eigenvalue weighted by Gasteiger charge is 1.89. The Labute approximate surface area is 70.6 Å². The van der Waals surface area contributed by atoms with E-state index in [4.69, 9.17) is 5.73 Å². The van der Waals surface area contributed by atoms with E-state index in [-0.39, 0.29) is 0 Å². The Bertz CT molecular complexity index is 319. The molecule has 0 aliphatic carbocycles. The minimum Gasteiger partial charge on any atom is -0.320 e. The highest BCUT2D eigenvalue weighted by molar-refractivity contribution is 5.74. The van der Waals surface area contributed by atoms with Crippen LogP contribution in [0.25, 0.3) is 0 Å². The number of hydrogen-bond donors (Lipinski definition) is 1. The number of carbonyl (C=O) groups excluding carboxylic acids is 1. The largest absolute Gasteiger partial charge is 0.320 e. The van der Waals surface area contributed by atoms with Gasteiger partial charge >= 0.3 is 0 Å². The van der Waals surface area contributed by atoms with E-state index in [1.807, 2.05) is 0 Å². The molecular formula is C9H8N2O. The van der Waals surface area contributed by atoms with Crippen molar-refractivity contribution in [2.24, 2.45) is 5.73 Å². The molecule has 1 aromatic rings. The molecule has 0 saturated heterocycles. The van der Waals surface area contributed by atoms with Crippen LogP contribution in [0.1, 0.15) is 16.1 Å². The molecule has 3 nitrogen and oxygen atoms in total. The summed E-state index contributed by atoms with van der Waals surface area (Å²) >= 11 is 0. The Balaban J connectivity index is 2.84. The van der Waals surface area contributed by atoms with Crippen molar-refractivity contribution < 1.29 is 4.79 Å². The van der Waals surface area contributed by atoms with Gasteiger partial charge in [0.1, 0.15) is 5.69 Å². The van der Waals surface area contributed by atoms with Crippen molar-refractivity contribution in [3.8, 4) is 11.8 Å². The van der Waals surface area contributed by atoms with Gasteiger partial charge in [-0.3, -0.25) is 4.79 Å². The van der Waals surface area contributed by atoms with Gasteiger partial charge in [-0.05, 0) is 18.1 Å². The van der Waals surface area contributed by atoms with E-state index in [2.05, 4.69) is 16.8 Å². The molecule has 0 aliphatic rings. The minimum atomic E-state index is 0.317. The zero-order valence-electron chi connectivity index (χ0n) is 6.45. The molecule has 3 heteroatoms. The van der Waals surface area contributed by atoms with Crippen LogP contribution in [0.15, 0.2) is 18.3 Å². The topological polar surface area (TPSA) is 56.0 Å². The number of pyridine rings is 1. The van der Waals surface area contributed by atoms with E-state index >= 15 is 0 Å². The van der Waals surface area contributed by atoms with Crippen molar-refractivity contribution in [3.63, 3.8) is 0 Å². The summed E-state index contributed by atoms with van der Waals surface area (Å²) in [6, 6.07) is 3.35. The van der Waals surface area contributed by atoms with E-state index in [9.17, 15) is 4.79 Å². The number of aldehydes is 1. The van der Waals surface area contributed by atoms with Gasteiger partial charge in [-0.15, -0.1) is 0 Å². The van der Waals surface area contributed by atoms with Gasteiger partial charge in [0, 0.05) is 11.8 Å². The monoisotopic (exact) mass is 160 g/mol. The first-order valence-corrected chi connectivity index (χ1v) is 3.47. The maximum atomic E-state index is 10.2. The van der Waals surface area contributed by atoms with Gasteiger partial charge in [0.25, 0.3) is 0 Å². The Morgan fingerprint density at radius 1 is 1.58 bits per heavy atom. The molecule has 2 N–H and O–H groups in total. The number of nitrogens with zero attached hydrogens (tertiary/aromatic N) is 1. The maximum absolute atomic E-state index is 10.2. The van der Waals surface area contributed by atoms with Crippen LogP contribution >= 0.6 is 0 Å². The quantitative estimate of drug-likeness (QED) is 0.471. The molecule has 1 aromatic heterocycles. The zero-order valence-corrected chi connectivity index (χ0v) is 6.45. The van der Waals surface area contributed by atoms with Gasteiger partial charge in [0.2, 0.25) is 0 Å². The van der Waals surface area contributed by atoms with Crippen LogP contribution in [0.3, 0.4) is 0 Å². The Hall–Kier alpha value is -1.66. The molecule has 0 aliphatic heterocycles. The summed E-state index contributed by atoms with van der Waals surface area (Å²) in [6.07, 6.45) is 2.22. The number of nitrogens with two attached hydrogens (primary N) is 1. The Kier molecular flexibility index (Phi) is 3.00. The third-order valence-corrected chi connectivity index (χ3v) is 1.24. The van der Waals surface area contributed by atoms with Crippen molar-refractivity contribution >= 4 is 6.29 Å². The van der Waals surface area contributed by atoms with E-state index < -0.39 is 0 Å². The van der Waals surface area contributed by atoms with Crippen LogP contribution in [0.5, 0.6) is 0 Å². The average molecular weight is 160 g/mol. The molecule has 0 amide bonds. The molecule has 0 fully saturated rings. The minimum absolute atomic E-state index is 0.317. The highest BCUT2D eigenvalue weighted by atomic mass is 16.1. The van der Waals surface area contributed by atoms with Crippen LogP contribution in [-0.4, -0.2) is 17.8 Å². The first-order chi connectivity index (χ1) is 5.86. The number of rotatable bonds is 1. The molecule has 0 unspecified atom stereocenters. The number of hydrogen-bond acceptors (Lipinski definition) is 3. The first-order valence-electron chi connectivity index (χ1n) is 3.47. The van der Waals surface area contributed by atoms with Crippen molar-refractivity contribution in [3.05, 3.63) is 29.6 Å². The van der Waals surface area contributed by atoms with Gasteiger partial charge in [0.15, 0.2) is 6.29 Å². The molecule has 0 saturated carbocycles. The van der Waals surface area contributed by atoms with E-state index in [0.29, 0.717) is 17.8 Å². The van der Waals surface area contributed by atoms with Crippen LogP contribution < -0.4 is 5.73 Å². The lowest BCUT2D eigenvalue weighted by Crippen LogP contribution is -1.93. The fourth-order valence-corrected chi connectivity index (χ4v) is 0.691. The summed E-state index contributed by atoms with van der Waals surface area (Å²) < 4.78 is 0. The summed E-state index contributed by atoms with van der Waals surface area (Å²) in [4.78, 5) is 14.2. The molecule has 0 radical (unpaired) electrons. The number of aromatic nitrogens is 1. The highest BCUT2D eigenvalue weighted by Crippen LogP contribution is 1.95. The maximum Gasteiger partial charge on any atom is 0.151 e. The van der Waals surface area contributed by atoms with Gasteiger partial charge in [-0.25, -0.2) is 4.98 Å². The van der Waals surface area contributed by atoms with E-state index in [1.165, 1.54) is 6.20 Å². The lowest BCUT2D eigenvalue weighted by molar-refractivity contribution is 0.112. The summed E-state index contributed by atoms with van der Waals surface area (Å²) in [6.45, 7) is 0.317.